The van der Waals surface area contributed by atoms with E-state index >= 15 is 0 Å². The molecule has 4 N–H and O–H groups in total. The predicted molar refractivity (Wildman–Crippen MR) is 160 cm³/mol. The van der Waals surface area contributed by atoms with E-state index in [2.05, 4.69) is 9.97 Å². The zero-order valence-electron chi connectivity index (χ0n) is 21.3. The van der Waals surface area contributed by atoms with Crippen LogP contribution < -0.4 is 0 Å². The van der Waals surface area contributed by atoms with Crippen LogP contribution in [0.25, 0.3) is 44.3 Å². The summed E-state index contributed by atoms with van der Waals surface area (Å²) < 4.78 is 0. The lowest BCUT2D eigenvalue weighted by Crippen LogP contribution is -1.89. The van der Waals surface area contributed by atoms with Gasteiger partial charge in [-0.05, 0) is 98.5 Å². The summed E-state index contributed by atoms with van der Waals surface area (Å²) in [5, 5.41) is 21.6. The molecule has 2 aliphatic rings. The number of nitrogens with one attached hydrogen (secondary N) is 2. The van der Waals surface area contributed by atoms with Crippen LogP contribution in [0.2, 0.25) is 10.0 Å². The average molecular weight is 567 g/mol. The smallest absolute Gasteiger partial charge is 0.116 e. The summed E-state index contributed by atoms with van der Waals surface area (Å²) in [5.74, 6) is 0.292. The number of fused-ring (bicyclic) bond motifs is 8. The fourth-order valence-electron chi connectivity index (χ4n) is 5.60. The number of benzene rings is 2. The van der Waals surface area contributed by atoms with Gasteiger partial charge in [0.05, 0.1) is 11.4 Å². The van der Waals surface area contributed by atoms with Gasteiger partial charge in [-0.2, -0.15) is 0 Å². The van der Waals surface area contributed by atoms with Gasteiger partial charge in [0.15, 0.2) is 0 Å². The lowest BCUT2D eigenvalue weighted by atomic mass is 10.0. The summed E-state index contributed by atoms with van der Waals surface area (Å²) >= 11 is 13.3. The molecule has 6 nitrogen and oxygen atoms in total. The van der Waals surface area contributed by atoms with Gasteiger partial charge in [-0.3, -0.25) is 9.97 Å². The Hall–Kier alpha value is -4.26. The van der Waals surface area contributed by atoms with E-state index in [0.717, 1.165) is 92.8 Å². The molecule has 0 radical (unpaired) electrons. The minimum absolute atomic E-state index is 0.146. The first-order chi connectivity index (χ1) is 19.4. The number of halogens is 2. The van der Waals surface area contributed by atoms with Crippen LogP contribution in [0.1, 0.15) is 22.8 Å². The van der Waals surface area contributed by atoms with Gasteiger partial charge >= 0.3 is 0 Å². The third-order valence-corrected chi connectivity index (χ3v) is 8.07. The van der Waals surface area contributed by atoms with Crippen molar-refractivity contribution >= 4 is 45.3 Å². The van der Waals surface area contributed by atoms with Crippen molar-refractivity contribution in [1.82, 2.24) is 19.9 Å². The summed E-state index contributed by atoms with van der Waals surface area (Å²) in [4.78, 5) is 17.1. The molecule has 0 fully saturated rings. The minimum atomic E-state index is 0.146. The molecule has 8 heteroatoms. The lowest BCUT2D eigenvalue weighted by molar-refractivity contribution is 0.475. The van der Waals surface area contributed by atoms with Gasteiger partial charge in [-0.25, -0.2) is 0 Å². The Morgan fingerprint density at radius 1 is 0.550 bits per heavy atom. The average Bonchev–Trinajstić information content (AvgIpc) is 3.74. The van der Waals surface area contributed by atoms with Crippen LogP contribution in [0.5, 0.6) is 11.5 Å². The Balaban J connectivity index is 1.57. The minimum Gasteiger partial charge on any atom is -0.508 e. The number of aromatic nitrogens is 4. The number of nitrogens with zero attached hydrogens (tertiary/aromatic N) is 2. The van der Waals surface area contributed by atoms with Gasteiger partial charge in [0.2, 0.25) is 0 Å². The van der Waals surface area contributed by atoms with Gasteiger partial charge < -0.3 is 20.2 Å². The molecule has 0 unspecified atom stereocenters. The van der Waals surface area contributed by atoms with Crippen molar-refractivity contribution in [2.75, 3.05) is 0 Å². The number of aromatic hydroxyl groups is 2. The number of hydrogen-bond acceptors (Lipinski definition) is 4. The quantitative estimate of drug-likeness (QED) is 0.174. The number of rotatable bonds is 2. The van der Waals surface area contributed by atoms with Gasteiger partial charge in [-0.1, -0.05) is 23.2 Å². The fourth-order valence-corrected chi connectivity index (χ4v) is 6.02. The molecule has 8 bridgehead atoms. The maximum absolute atomic E-state index is 10.3. The van der Waals surface area contributed by atoms with E-state index in [-0.39, 0.29) is 11.5 Å². The molecule has 0 saturated heterocycles. The normalized spacial score (nSPS) is 13.1. The molecular weight excluding hydrogens is 543 g/mol. The standard InChI is InChI=1S/C32H24Cl2N4O2/c33-25-7-5-21(39)15-23(25)31-27-9-1-17(35-27)13-18-2-10-29(36-18)32(24-16-22(40)6-8-26(24)34)30-12-4-20(38-30)14-19-3-11-28(31)37-19/h1,4-9,12-16,35,38-40H,2-3,10-11H2. The topological polar surface area (TPSA) is 97.8 Å². The zero-order chi connectivity index (χ0) is 27.4. The molecule has 7 rings (SSSR count). The second-order valence-corrected chi connectivity index (χ2v) is 10.9. The molecule has 40 heavy (non-hydrogen) atoms. The highest BCUT2D eigenvalue weighted by Crippen LogP contribution is 2.38. The molecule has 2 aliphatic heterocycles. The molecule has 3 aromatic heterocycles. The first-order valence-electron chi connectivity index (χ1n) is 13.1. The van der Waals surface area contributed by atoms with Gasteiger partial charge in [0.25, 0.3) is 0 Å². The van der Waals surface area contributed by atoms with Crippen LogP contribution in [-0.2, 0) is 25.7 Å². The van der Waals surface area contributed by atoms with E-state index in [9.17, 15) is 10.2 Å². The molecule has 0 saturated carbocycles. The number of aryl methyl sites for hydroxylation is 4. The third kappa shape index (κ3) is 4.49. The highest BCUT2D eigenvalue weighted by Gasteiger charge is 2.19. The van der Waals surface area contributed by atoms with Crippen molar-refractivity contribution in [3.05, 3.63) is 106 Å². The lowest BCUT2D eigenvalue weighted by Gasteiger charge is -2.08. The van der Waals surface area contributed by atoms with Gasteiger partial charge in [0, 0.05) is 65.8 Å². The monoisotopic (exact) mass is 566 g/mol. The zero-order valence-corrected chi connectivity index (χ0v) is 22.8. The van der Waals surface area contributed by atoms with Crippen molar-refractivity contribution in [3.8, 4) is 33.8 Å². The first-order valence-corrected chi connectivity index (χ1v) is 13.8. The summed E-state index contributed by atoms with van der Waals surface area (Å²) in [6.45, 7) is 0. The number of hydrogen-bond donors (Lipinski definition) is 4. The molecule has 0 spiro atoms. The second kappa shape index (κ2) is 9.73. The largest absolute Gasteiger partial charge is 0.508 e. The summed E-state index contributed by atoms with van der Waals surface area (Å²) in [6.07, 6.45) is 3.01. The fraction of sp³-hybridized carbons (Fsp3) is 0.125. The molecule has 0 atom stereocenters. The Morgan fingerprint density at radius 2 is 1.00 bits per heavy atom. The Morgan fingerprint density at radius 3 is 1.45 bits per heavy atom. The Labute approximate surface area is 239 Å². The molecule has 0 amide bonds. The summed E-state index contributed by atoms with van der Waals surface area (Å²) in [5.41, 5.74) is 10.4. The summed E-state index contributed by atoms with van der Waals surface area (Å²) in [6, 6.07) is 22.1. The molecule has 0 aliphatic carbocycles. The Kier molecular flexibility index (Phi) is 6.02. The van der Waals surface area contributed by atoms with Crippen molar-refractivity contribution in [2.45, 2.75) is 25.7 Å². The van der Waals surface area contributed by atoms with Gasteiger partial charge in [-0.15, -0.1) is 0 Å². The second-order valence-electron chi connectivity index (χ2n) is 10.1. The maximum atomic E-state index is 10.3. The number of aromatic amines is 2. The van der Waals surface area contributed by atoms with Crippen molar-refractivity contribution < 1.29 is 10.2 Å². The maximum Gasteiger partial charge on any atom is 0.116 e. The number of H-pyrrole nitrogens is 2. The molecule has 198 valence electrons. The van der Waals surface area contributed by atoms with Crippen molar-refractivity contribution in [2.24, 2.45) is 0 Å². The summed E-state index contributed by atoms with van der Waals surface area (Å²) in [7, 11) is 0. The van der Waals surface area contributed by atoms with Crippen LogP contribution in [0.3, 0.4) is 0 Å². The highest BCUT2D eigenvalue weighted by atomic mass is 35.5. The van der Waals surface area contributed by atoms with Crippen LogP contribution in [0.4, 0.5) is 0 Å². The highest BCUT2D eigenvalue weighted by molar-refractivity contribution is 6.34. The van der Waals surface area contributed by atoms with Gasteiger partial charge in [0.1, 0.15) is 11.5 Å². The third-order valence-electron chi connectivity index (χ3n) is 7.41. The molecule has 5 heterocycles. The first kappa shape index (κ1) is 24.8. The van der Waals surface area contributed by atoms with E-state index in [4.69, 9.17) is 33.2 Å². The van der Waals surface area contributed by atoms with E-state index in [1.54, 1.807) is 36.4 Å². The van der Waals surface area contributed by atoms with Crippen LogP contribution in [-0.4, -0.2) is 30.1 Å². The van der Waals surface area contributed by atoms with Crippen LogP contribution >= 0.6 is 23.2 Å². The number of phenols is 2. The molecule has 5 aromatic rings. The Bertz CT molecular complexity index is 1830. The van der Waals surface area contributed by atoms with E-state index in [1.165, 1.54) is 0 Å². The van der Waals surface area contributed by atoms with E-state index in [1.807, 2.05) is 36.4 Å². The molecular formula is C32H24Cl2N4O2. The van der Waals surface area contributed by atoms with Crippen LogP contribution in [0, 0.1) is 0 Å². The van der Waals surface area contributed by atoms with Crippen molar-refractivity contribution in [1.29, 1.82) is 0 Å². The predicted octanol–water partition coefficient (Wildman–Crippen LogP) is 7.94. The van der Waals surface area contributed by atoms with E-state index < -0.39 is 0 Å². The van der Waals surface area contributed by atoms with E-state index in [0.29, 0.717) is 10.0 Å². The van der Waals surface area contributed by atoms with Crippen LogP contribution in [0.15, 0.2) is 72.8 Å². The number of phenolic OH excluding ortho intramolecular Hbond substituents is 2. The SMILES string of the molecule is Oc1ccc(Cl)c(-c2c3nc(cc4ccc([nH]4)c(-c4cc(O)ccc4Cl)c4nc(cc5ccc2[nH]5)CC4)CC3)c1. The van der Waals surface area contributed by atoms with Crippen molar-refractivity contribution in [3.63, 3.8) is 0 Å². The molecule has 2 aromatic carbocycles.